The summed E-state index contributed by atoms with van der Waals surface area (Å²) in [4.78, 5) is 5.62. The van der Waals surface area contributed by atoms with Crippen molar-refractivity contribution >= 4 is 0 Å². The average molecular weight is 232 g/mol. The third-order valence-corrected chi connectivity index (χ3v) is 4.07. The number of hydrogen-bond donors (Lipinski definition) is 2. The highest BCUT2D eigenvalue weighted by atomic mass is 16.7. The molecule has 1 aromatic rings. The van der Waals surface area contributed by atoms with Crippen LogP contribution in [0.5, 0.6) is 5.75 Å². The first-order valence-electron chi connectivity index (χ1n) is 6.31. The Labute approximate surface area is 100 Å². The van der Waals surface area contributed by atoms with Crippen molar-refractivity contribution < 1.29 is 9.57 Å². The number of benzene rings is 1. The van der Waals surface area contributed by atoms with Gasteiger partial charge in [0.15, 0.2) is 0 Å². The molecule has 1 aromatic carbocycles. The lowest BCUT2D eigenvalue weighted by Gasteiger charge is -2.53. The van der Waals surface area contributed by atoms with Crippen LogP contribution in [-0.4, -0.2) is 24.9 Å². The van der Waals surface area contributed by atoms with E-state index in [1.807, 2.05) is 12.1 Å². The molecule has 17 heavy (non-hydrogen) atoms. The quantitative estimate of drug-likeness (QED) is 0.752. The fourth-order valence-corrected chi connectivity index (χ4v) is 3.16. The van der Waals surface area contributed by atoms with Crippen LogP contribution >= 0.6 is 0 Å². The summed E-state index contributed by atoms with van der Waals surface area (Å²) >= 11 is 0. The molecule has 2 bridgehead atoms. The van der Waals surface area contributed by atoms with Crippen LogP contribution in [0.25, 0.3) is 0 Å². The molecule has 3 aliphatic rings. The Hall–Kier alpha value is -1.10. The molecule has 90 valence electrons. The first-order chi connectivity index (χ1) is 8.42. The summed E-state index contributed by atoms with van der Waals surface area (Å²) < 4.78 is 5.72. The molecule has 4 unspecified atom stereocenters. The minimum absolute atomic E-state index is 0.222. The number of rotatable bonds is 1. The van der Waals surface area contributed by atoms with Crippen LogP contribution < -0.4 is 15.6 Å². The monoisotopic (exact) mass is 232 g/mol. The predicted molar refractivity (Wildman–Crippen MR) is 62.5 cm³/mol. The molecule has 0 saturated carbocycles. The van der Waals surface area contributed by atoms with Gasteiger partial charge in [-0.15, -0.1) is 0 Å². The van der Waals surface area contributed by atoms with Gasteiger partial charge in [0.1, 0.15) is 12.0 Å². The topological polar surface area (TPSA) is 42.5 Å². The van der Waals surface area contributed by atoms with Crippen molar-refractivity contribution in [1.29, 1.82) is 0 Å². The van der Waals surface area contributed by atoms with Gasteiger partial charge in [-0.3, -0.25) is 5.32 Å². The molecule has 0 aromatic heterocycles. The number of piperidine rings is 1. The highest BCUT2D eigenvalue weighted by molar-refractivity contribution is 5.35. The molecule has 3 heterocycles. The van der Waals surface area contributed by atoms with Crippen LogP contribution in [0.4, 0.5) is 0 Å². The SMILES string of the molecule is c1ccc2c(c1)CC(C1C3CCNC1O3)NO2. The smallest absolute Gasteiger partial charge is 0.150 e. The molecule has 4 rings (SSSR count). The maximum Gasteiger partial charge on any atom is 0.150 e. The molecule has 4 atom stereocenters. The summed E-state index contributed by atoms with van der Waals surface area (Å²) in [7, 11) is 0. The molecule has 2 fully saturated rings. The molecule has 2 N–H and O–H groups in total. The Bertz CT molecular complexity index is 423. The fraction of sp³-hybridized carbons (Fsp3) is 0.538. The van der Waals surface area contributed by atoms with E-state index in [0.717, 1.165) is 25.1 Å². The van der Waals surface area contributed by atoms with E-state index >= 15 is 0 Å². The van der Waals surface area contributed by atoms with Gasteiger partial charge in [0.25, 0.3) is 0 Å². The Morgan fingerprint density at radius 3 is 3.00 bits per heavy atom. The van der Waals surface area contributed by atoms with E-state index in [9.17, 15) is 0 Å². The van der Waals surface area contributed by atoms with Crippen LogP contribution in [-0.2, 0) is 11.2 Å². The number of hydrogen-bond acceptors (Lipinski definition) is 4. The van der Waals surface area contributed by atoms with Gasteiger partial charge in [0.05, 0.1) is 12.1 Å². The standard InChI is InChI=1S/C13H16N2O2/c1-2-4-10-8(3-1)7-9(15-17-10)12-11-5-6-14-13(12)16-11/h1-4,9,11-15H,5-7H2. The zero-order chi connectivity index (χ0) is 11.2. The highest BCUT2D eigenvalue weighted by Crippen LogP contribution is 2.38. The minimum atomic E-state index is 0.222. The maximum atomic E-state index is 5.72. The summed E-state index contributed by atoms with van der Waals surface area (Å²) in [5.41, 5.74) is 4.48. The van der Waals surface area contributed by atoms with E-state index in [2.05, 4.69) is 22.9 Å². The number of nitrogens with one attached hydrogen (secondary N) is 2. The number of ether oxygens (including phenoxy) is 1. The second kappa shape index (κ2) is 3.70. The van der Waals surface area contributed by atoms with Crippen LogP contribution in [0.1, 0.15) is 12.0 Å². The van der Waals surface area contributed by atoms with Crippen LogP contribution in [0.3, 0.4) is 0 Å². The molecular weight excluding hydrogens is 216 g/mol. The number of fused-ring (bicyclic) bond motifs is 3. The summed E-state index contributed by atoms with van der Waals surface area (Å²) in [5.74, 6) is 1.50. The molecule has 4 nitrogen and oxygen atoms in total. The minimum Gasteiger partial charge on any atom is -0.408 e. The molecule has 0 amide bonds. The second-order valence-corrected chi connectivity index (χ2v) is 5.05. The third kappa shape index (κ3) is 1.48. The lowest BCUT2D eigenvalue weighted by Crippen LogP contribution is -2.68. The average Bonchev–Trinajstić information content (AvgIpc) is 2.39. The van der Waals surface area contributed by atoms with Gasteiger partial charge >= 0.3 is 0 Å². The number of hydroxylamine groups is 1. The van der Waals surface area contributed by atoms with Crippen molar-refractivity contribution in [2.24, 2.45) is 5.92 Å². The zero-order valence-corrected chi connectivity index (χ0v) is 9.56. The largest absolute Gasteiger partial charge is 0.408 e. The molecule has 0 aliphatic carbocycles. The van der Waals surface area contributed by atoms with Gasteiger partial charge in [-0.2, -0.15) is 5.48 Å². The first kappa shape index (κ1) is 9.88. The molecule has 4 heteroatoms. The third-order valence-electron chi connectivity index (χ3n) is 4.07. The Balaban J connectivity index is 1.55. The first-order valence-corrected chi connectivity index (χ1v) is 6.31. The molecule has 0 radical (unpaired) electrons. The van der Waals surface area contributed by atoms with E-state index in [-0.39, 0.29) is 6.23 Å². The van der Waals surface area contributed by atoms with E-state index < -0.39 is 0 Å². The number of para-hydroxylation sites is 1. The molecular formula is C13H16N2O2. The lowest BCUT2D eigenvalue weighted by atomic mass is 9.79. The molecule has 2 saturated heterocycles. The molecule has 3 aliphatic heterocycles. The normalized spacial score (nSPS) is 38.8. The van der Waals surface area contributed by atoms with Crippen molar-refractivity contribution in [1.82, 2.24) is 10.8 Å². The van der Waals surface area contributed by atoms with Crippen molar-refractivity contribution in [3.8, 4) is 5.75 Å². The Kier molecular flexibility index (Phi) is 2.15. The Morgan fingerprint density at radius 2 is 2.18 bits per heavy atom. The van der Waals surface area contributed by atoms with E-state index in [1.54, 1.807) is 0 Å². The second-order valence-electron chi connectivity index (χ2n) is 5.05. The van der Waals surface area contributed by atoms with E-state index in [0.29, 0.717) is 18.1 Å². The summed E-state index contributed by atoms with van der Waals surface area (Å²) in [6.07, 6.45) is 2.77. The van der Waals surface area contributed by atoms with Gasteiger partial charge in [-0.25, -0.2) is 0 Å². The van der Waals surface area contributed by atoms with Crippen molar-refractivity contribution in [3.63, 3.8) is 0 Å². The Morgan fingerprint density at radius 1 is 1.24 bits per heavy atom. The van der Waals surface area contributed by atoms with Gasteiger partial charge in [-0.05, 0) is 31.0 Å². The summed E-state index contributed by atoms with van der Waals surface area (Å²) in [6, 6.07) is 8.59. The predicted octanol–water partition coefficient (Wildman–Crippen LogP) is 0.829. The van der Waals surface area contributed by atoms with Crippen molar-refractivity contribution in [2.75, 3.05) is 6.54 Å². The lowest BCUT2D eigenvalue weighted by molar-refractivity contribution is -0.238. The summed E-state index contributed by atoms with van der Waals surface area (Å²) in [5, 5.41) is 3.40. The van der Waals surface area contributed by atoms with Gasteiger partial charge in [-0.1, -0.05) is 18.2 Å². The van der Waals surface area contributed by atoms with Crippen molar-refractivity contribution in [2.45, 2.75) is 31.2 Å². The fourth-order valence-electron chi connectivity index (χ4n) is 3.16. The summed E-state index contributed by atoms with van der Waals surface area (Å²) in [6.45, 7) is 1.08. The maximum absolute atomic E-state index is 5.72. The van der Waals surface area contributed by atoms with Crippen LogP contribution in [0.15, 0.2) is 24.3 Å². The van der Waals surface area contributed by atoms with Crippen molar-refractivity contribution in [3.05, 3.63) is 29.8 Å². The van der Waals surface area contributed by atoms with Gasteiger partial charge in [0.2, 0.25) is 0 Å². The van der Waals surface area contributed by atoms with Crippen LogP contribution in [0.2, 0.25) is 0 Å². The van der Waals surface area contributed by atoms with E-state index in [1.165, 1.54) is 5.56 Å². The van der Waals surface area contributed by atoms with E-state index in [4.69, 9.17) is 9.57 Å². The zero-order valence-electron chi connectivity index (χ0n) is 9.56. The van der Waals surface area contributed by atoms with Gasteiger partial charge < -0.3 is 9.57 Å². The highest BCUT2D eigenvalue weighted by Gasteiger charge is 2.50. The van der Waals surface area contributed by atoms with Crippen LogP contribution in [0, 0.1) is 5.92 Å². The van der Waals surface area contributed by atoms with Gasteiger partial charge in [0, 0.05) is 5.92 Å². The molecule has 0 spiro atoms.